The first kappa shape index (κ1) is 14.6. The van der Waals surface area contributed by atoms with Crippen molar-refractivity contribution in [2.24, 2.45) is 0 Å². The quantitative estimate of drug-likeness (QED) is 0.891. The normalized spacial score (nSPS) is 12.2. The SMILES string of the molecule is CNC(Cc1ccc(C)cc1)c1ccc(C)cc1OC. The van der Waals surface area contributed by atoms with Gasteiger partial charge in [-0.1, -0.05) is 42.0 Å². The van der Waals surface area contributed by atoms with Gasteiger partial charge in [0.2, 0.25) is 0 Å². The molecule has 0 aliphatic rings. The third-order valence-corrected chi connectivity index (χ3v) is 3.67. The van der Waals surface area contributed by atoms with Gasteiger partial charge < -0.3 is 10.1 Å². The molecule has 0 aromatic heterocycles. The third-order valence-electron chi connectivity index (χ3n) is 3.67. The molecule has 0 amide bonds. The number of likely N-dealkylation sites (N-methyl/N-ethyl adjacent to an activating group) is 1. The predicted molar refractivity (Wildman–Crippen MR) is 84.4 cm³/mol. The number of hydrogen-bond donors (Lipinski definition) is 1. The molecule has 1 atom stereocenters. The highest BCUT2D eigenvalue weighted by atomic mass is 16.5. The van der Waals surface area contributed by atoms with Crippen LogP contribution in [0.25, 0.3) is 0 Å². The Balaban J connectivity index is 2.26. The van der Waals surface area contributed by atoms with E-state index in [-0.39, 0.29) is 6.04 Å². The molecule has 0 radical (unpaired) electrons. The summed E-state index contributed by atoms with van der Waals surface area (Å²) in [5.74, 6) is 0.955. The van der Waals surface area contributed by atoms with E-state index in [2.05, 4.69) is 61.6 Å². The molecule has 0 fully saturated rings. The van der Waals surface area contributed by atoms with Crippen molar-refractivity contribution in [3.63, 3.8) is 0 Å². The maximum Gasteiger partial charge on any atom is 0.123 e. The fraction of sp³-hybridized carbons (Fsp3) is 0.333. The summed E-state index contributed by atoms with van der Waals surface area (Å²) in [5, 5.41) is 3.40. The van der Waals surface area contributed by atoms with Crippen LogP contribution in [0.3, 0.4) is 0 Å². The van der Waals surface area contributed by atoms with Gasteiger partial charge in [0.15, 0.2) is 0 Å². The van der Waals surface area contributed by atoms with Gasteiger partial charge in [-0.2, -0.15) is 0 Å². The van der Waals surface area contributed by atoms with Gasteiger partial charge in [0.05, 0.1) is 7.11 Å². The van der Waals surface area contributed by atoms with Crippen LogP contribution in [0.5, 0.6) is 5.75 Å². The summed E-state index contributed by atoms with van der Waals surface area (Å²) in [7, 11) is 3.73. The van der Waals surface area contributed by atoms with Crippen LogP contribution in [0, 0.1) is 13.8 Å². The molecule has 2 aromatic carbocycles. The number of rotatable bonds is 5. The summed E-state index contributed by atoms with van der Waals surface area (Å²) in [5.41, 5.74) is 5.05. The monoisotopic (exact) mass is 269 g/mol. The van der Waals surface area contributed by atoms with E-state index in [1.54, 1.807) is 7.11 Å². The first-order valence-corrected chi connectivity index (χ1v) is 7.01. The van der Waals surface area contributed by atoms with Gasteiger partial charge in [0.1, 0.15) is 5.75 Å². The lowest BCUT2D eigenvalue weighted by molar-refractivity contribution is 0.401. The minimum Gasteiger partial charge on any atom is -0.496 e. The molecular formula is C18H23NO. The topological polar surface area (TPSA) is 21.3 Å². The van der Waals surface area contributed by atoms with E-state index in [4.69, 9.17) is 4.74 Å². The minimum atomic E-state index is 0.258. The van der Waals surface area contributed by atoms with Crippen molar-refractivity contribution in [1.29, 1.82) is 0 Å². The van der Waals surface area contributed by atoms with Crippen molar-refractivity contribution in [3.8, 4) is 5.75 Å². The van der Waals surface area contributed by atoms with Crippen molar-refractivity contribution in [3.05, 3.63) is 64.7 Å². The molecule has 2 rings (SSSR count). The first-order chi connectivity index (χ1) is 9.63. The predicted octanol–water partition coefficient (Wildman–Crippen LogP) is 3.82. The largest absolute Gasteiger partial charge is 0.496 e. The molecule has 1 unspecified atom stereocenters. The highest BCUT2D eigenvalue weighted by molar-refractivity contribution is 5.40. The van der Waals surface area contributed by atoms with Crippen molar-refractivity contribution >= 4 is 0 Å². The Bertz CT molecular complexity index is 560. The molecule has 106 valence electrons. The van der Waals surface area contributed by atoms with Crippen LogP contribution >= 0.6 is 0 Å². The second-order valence-corrected chi connectivity index (χ2v) is 5.28. The molecule has 2 nitrogen and oxygen atoms in total. The van der Waals surface area contributed by atoms with Crippen LogP contribution in [0.4, 0.5) is 0 Å². The average Bonchev–Trinajstić information content (AvgIpc) is 2.47. The standard InChI is InChI=1S/C18H23NO/c1-13-5-8-15(9-6-13)12-17(19-3)16-10-7-14(2)11-18(16)20-4/h5-11,17,19H,12H2,1-4H3. The van der Waals surface area contributed by atoms with Gasteiger partial charge in [-0.25, -0.2) is 0 Å². The van der Waals surface area contributed by atoms with Crippen LogP contribution in [0.1, 0.15) is 28.3 Å². The Hall–Kier alpha value is -1.80. The van der Waals surface area contributed by atoms with Crippen molar-refractivity contribution in [2.45, 2.75) is 26.3 Å². The van der Waals surface area contributed by atoms with Crippen LogP contribution in [-0.2, 0) is 6.42 Å². The molecule has 2 aromatic rings. The Kier molecular flexibility index (Phi) is 4.80. The zero-order valence-corrected chi connectivity index (χ0v) is 12.7. The van der Waals surface area contributed by atoms with Crippen LogP contribution < -0.4 is 10.1 Å². The van der Waals surface area contributed by atoms with Gasteiger partial charge >= 0.3 is 0 Å². The second kappa shape index (κ2) is 6.58. The summed E-state index contributed by atoms with van der Waals surface area (Å²) in [4.78, 5) is 0. The first-order valence-electron chi connectivity index (χ1n) is 7.01. The summed E-state index contributed by atoms with van der Waals surface area (Å²) in [6.45, 7) is 4.20. The molecule has 1 N–H and O–H groups in total. The molecule has 0 aliphatic heterocycles. The fourth-order valence-corrected chi connectivity index (χ4v) is 2.43. The molecule has 0 aliphatic carbocycles. The highest BCUT2D eigenvalue weighted by Crippen LogP contribution is 2.28. The highest BCUT2D eigenvalue weighted by Gasteiger charge is 2.15. The second-order valence-electron chi connectivity index (χ2n) is 5.28. The molecule has 0 spiro atoms. The van der Waals surface area contributed by atoms with Crippen LogP contribution in [0.15, 0.2) is 42.5 Å². The van der Waals surface area contributed by atoms with Crippen molar-refractivity contribution in [1.82, 2.24) is 5.32 Å². The van der Waals surface area contributed by atoms with E-state index in [0.29, 0.717) is 0 Å². The third kappa shape index (κ3) is 3.40. The Morgan fingerprint density at radius 1 is 1.00 bits per heavy atom. The van der Waals surface area contributed by atoms with Crippen molar-refractivity contribution in [2.75, 3.05) is 14.2 Å². The molecule has 0 saturated carbocycles. The van der Waals surface area contributed by atoms with Gasteiger partial charge in [-0.15, -0.1) is 0 Å². The van der Waals surface area contributed by atoms with E-state index in [1.165, 1.54) is 22.3 Å². The molecule has 0 saturated heterocycles. The van der Waals surface area contributed by atoms with Gasteiger partial charge in [-0.3, -0.25) is 0 Å². The number of aryl methyl sites for hydroxylation is 2. The maximum atomic E-state index is 5.53. The zero-order valence-electron chi connectivity index (χ0n) is 12.7. The molecular weight excluding hydrogens is 246 g/mol. The van der Waals surface area contributed by atoms with E-state index in [9.17, 15) is 0 Å². The summed E-state index contributed by atoms with van der Waals surface area (Å²) < 4.78 is 5.53. The number of hydrogen-bond acceptors (Lipinski definition) is 2. The molecule has 2 heteroatoms. The van der Waals surface area contributed by atoms with Gasteiger partial charge in [0, 0.05) is 11.6 Å². The fourth-order valence-electron chi connectivity index (χ4n) is 2.43. The van der Waals surface area contributed by atoms with E-state index in [1.807, 2.05) is 7.05 Å². The number of methoxy groups -OCH3 is 1. The maximum absolute atomic E-state index is 5.53. The van der Waals surface area contributed by atoms with E-state index in [0.717, 1.165) is 12.2 Å². The van der Waals surface area contributed by atoms with Gasteiger partial charge in [0.25, 0.3) is 0 Å². The molecule has 20 heavy (non-hydrogen) atoms. The Morgan fingerprint density at radius 3 is 2.25 bits per heavy atom. The number of nitrogens with one attached hydrogen (secondary N) is 1. The zero-order chi connectivity index (χ0) is 14.5. The lowest BCUT2D eigenvalue weighted by Crippen LogP contribution is -2.19. The lowest BCUT2D eigenvalue weighted by Gasteiger charge is -2.20. The smallest absolute Gasteiger partial charge is 0.123 e. The van der Waals surface area contributed by atoms with Crippen LogP contribution in [0.2, 0.25) is 0 Å². The summed E-state index contributed by atoms with van der Waals surface area (Å²) in [6.07, 6.45) is 0.955. The van der Waals surface area contributed by atoms with Gasteiger partial charge in [-0.05, 0) is 44.5 Å². The van der Waals surface area contributed by atoms with Crippen molar-refractivity contribution < 1.29 is 4.74 Å². The molecule has 0 heterocycles. The minimum absolute atomic E-state index is 0.258. The number of ether oxygens (including phenoxy) is 1. The summed E-state index contributed by atoms with van der Waals surface area (Å²) >= 11 is 0. The lowest BCUT2D eigenvalue weighted by atomic mass is 9.97. The van der Waals surface area contributed by atoms with Crippen LogP contribution in [-0.4, -0.2) is 14.2 Å². The Labute approximate surface area is 121 Å². The average molecular weight is 269 g/mol. The van der Waals surface area contributed by atoms with E-state index < -0.39 is 0 Å². The summed E-state index contributed by atoms with van der Waals surface area (Å²) in [6, 6.07) is 15.4. The number of benzene rings is 2. The molecule has 0 bridgehead atoms. The van der Waals surface area contributed by atoms with E-state index >= 15 is 0 Å². The Morgan fingerprint density at radius 2 is 1.65 bits per heavy atom.